The maximum absolute atomic E-state index is 12.6. The highest BCUT2D eigenvalue weighted by Gasteiger charge is 2.31. The molecule has 0 N–H and O–H groups in total. The van der Waals surface area contributed by atoms with E-state index in [2.05, 4.69) is 6.58 Å². The van der Waals surface area contributed by atoms with Crippen molar-refractivity contribution in [3.8, 4) is 17.2 Å². The largest absolute Gasteiger partial charge is 0.490 e. The summed E-state index contributed by atoms with van der Waals surface area (Å²) in [4.78, 5) is 14.6. The third-order valence-corrected chi connectivity index (χ3v) is 6.21. The third-order valence-electron chi connectivity index (χ3n) is 4.24. The van der Waals surface area contributed by atoms with E-state index in [0.29, 0.717) is 55.2 Å². The van der Waals surface area contributed by atoms with Crippen LogP contribution in [0.1, 0.15) is 12.5 Å². The average molecular weight is 510 g/mol. The lowest BCUT2D eigenvalue weighted by Gasteiger charge is -2.15. The Kier molecular flexibility index (Phi) is 8.87. The molecular formula is C23H21Cl2NO4S2. The van der Waals surface area contributed by atoms with Gasteiger partial charge in [-0.05, 0) is 42.8 Å². The summed E-state index contributed by atoms with van der Waals surface area (Å²) in [5.41, 5.74) is 0.706. The topological polar surface area (TPSA) is 48.0 Å². The van der Waals surface area contributed by atoms with E-state index in [1.54, 1.807) is 36.4 Å². The van der Waals surface area contributed by atoms with Crippen molar-refractivity contribution in [3.63, 3.8) is 0 Å². The predicted molar refractivity (Wildman–Crippen MR) is 135 cm³/mol. The summed E-state index contributed by atoms with van der Waals surface area (Å²) in [6, 6.07) is 10.7. The molecule has 0 atom stereocenters. The molecule has 9 heteroatoms. The number of benzene rings is 2. The fourth-order valence-corrected chi connectivity index (χ4v) is 4.61. The first-order valence-corrected chi connectivity index (χ1v) is 11.7. The van der Waals surface area contributed by atoms with Crippen molar-refractivity contribution in [1.29, 1.82) is 0 Å². The van der Waals surface area contributed by atoms with Crippen LogP contribution in [-0.4, -0.2) is 41.5 Å². The van der Waals surface area contributed by atoms with Gasteiger partial charge in [0.25, 0.3) is 5.91 Å². The van der Waals surface area contributed by atoms with Crippen LogP contribution in [0.25, 0.3) is 6.08 Å². The van der Waals surface area contributed by atoms with Gasteiger partial charge in [0, 0.05) is 6.54 Å². The second-order valence-corrected chi connectivity index (χ2v) is 8.96. The highest BCUT2D eigenvalue weighted by molar-refractivity contribution is 8.26. The van der Waals surface area contributed by atoms with Gasteiger partial charge in [-0.3, -0.25) is 9.69 Å². The van der Waals surface area contributed by atoms with E-state index < -0.39 is 0 Å². The van der Waals surface area contributed by atoms with Crippen LogP contribution in [-0.2, 0) is 4.79 Å². The molecule has 0 bridgehead atoms. The predicted octanol–water partition coefficient (Wildman–Crippen LogP) is 6.24. The zero-order valence-electron chi connectivity index (χ0n) is 17.3. The van der Waals surface area contributed by atoms with E-state index in [0.717, 1.165) is 0 Å². The first-order valence-electron chi connectivity index (χ1n) is 9.77. The van der Waals surface area contributed by atoms with Gasteiger partial charge in [-0.25, -0.2) is 0 Å². The van der Waals surface area contributed by atoms with Crippen LogP contribution in [0.5, 0.6) is 17.2 Å². The zero-order chi connectivity index (χ0) is 23.1. The average Bonchev–Trinajstić information content (AvgIpc) is 3.01. The number of amides is 1. The fourth-order valence-electron chi connectivity index (χ4n) is 2.87. The van der Waals surface area contributed by atoms with Crippen LogP contribution in [0.3, 0.4) is 0 Å². The lowest BCUT2D eigenvalue weighted by molar-refractivity contribution is -0.121. The Labute approximate surface area is 206 Å². The Morgan fingerprint density at radius 1 is 1.09 bits per heavy atom. The van der Waals surface area contributed by atoms with Gasteiger partial charge in [0.2, 0.25) is 0 Å². The van der Waals surface area contributed by atoms with E-state index in [1.807, 2.05) is 19.1 Å². The normalized spacial score (nSPS) is 14.7. The van der Waals surface area contributed by atoms with Crippen molar-refractivity contribution < 1.29 is 19.0 Å². The second-order valence-electron chi connectivity index (χ2n) is 6.47. The number of carbonyl (C=O) groups is 1. The van der Waals surface area contributed by atoms with Gasteiger partial charge in [0.05, 0.1) is 21.6 Å². The molecule has 1 amide bonds. The molecule has 32 heavy (non-hydrogen) atoms. The molecule has 0 unspecified atom stereocenters. The van der Waals surface area contributed by atoms with Crippen molar-refractivity contribution in [2.24, 2.45) is 0 Å². The standard InChI is InChI=1S/C23H21Cl2NO4S2/c1-3-9-26-22(27)20(32-23(26)31)14-15-12-17(25)21(19(13-15)28-4-2)30-11-10-29-18-8-6-5-7-16(18)24/h3,5-8,12-14H,1,4,9-11H2,2H3. The summed E-state index contributed by atoms with van der Waals surface area (Å²) in [6.45, 7) is 6.84. The Morgan fingerprint density at radius 3 is 2.56 bits per heavy atom. The lowest BCUT2D eigenvalue weighted by Crippen LogP contribution is -2.27. The van der Waals surface area contributed by atoms with Crippen LogP contribution >= 0.6 is 47.2 Å². The minimum absolute atomic E-state index is 0.161. The fraction of sp³-hybridized carbons (Fsp3) is 0.217. The van der Waals surface area contributed by atoms with Crippen molar-refractivity contribution in [1.82, 2.24) is 4.90 Å². The molecule has 2 aromatic rings. The summed E-state index contributed by atoms with van der Waals surface area (Å²) in [5.74, 6) is 1.31. The number of rotatable bonds is 10. The van der Waals surface area contributed by atoms with Crippen molar-refractivity contribution in [3.05, 3.63) is 69.6 Å². The number of hydrogen-bond donors (Lipinski definition) is 0. The van der Waals surface area contributed by atoms with E-state index >= 15 is 0 Å². The monoisotopic (exact) mass is 509 g/mol. The molecule has 1 aliphatic rings. The van der Waals surface area contributed by atoms with Crippen LogP contribution < -0.4 is 14.2 Å². The molecule has 0 radical (unpaired) electrons. The molecule has 1 fully saturated rings. The van der Waals surface area contributed by atoms with Crippen molar-refractivity contribution >= 4 is 63.5 Å². The smallest absolute Gasteiger partial charge is 0.266 e. The number of para-hydroxylation sites is 1. The Balaban J connectivity index is 1.73. The zero-order valence-corrected chi connectivity index (χ0v) is 20.5. The van der Waals surface area contributed by atoms with Crippen molar-refractivity contribution in [2.75, 3.05) is 26.4 Å². The number of ether oxygens (including phenoxy) is 3. The molecular weight excluding hydrogens is 489 g/mol. The molecule has 1 saturated heterocycles. The number of carbonyl (C=O) groups excluding carboxylic acids is 1. The number of thiocarbonyl (C=S) groups is 1. The SMILES string of the molecule is C=CCN1C(=O)C(=Cc2cc(Cl)c(OCCOc3ccccc3Cl)c(OCC)c2)SC1=S. The Hall–Kier alpha value is -2.19. The molecule has 3 rings (SSSR count). The van der Waals surface area contributed by atoms with E-state index in [4.69, 9.17) is 49.6 Å². The first kappa shape index (κ1) is 24.5. The number of nitrogens with zero attached hydrogens (tertiary/aromatic N) is 1. The third kappa shape index (κ3) is 5.98. The Bertz CT molecular complexity index is 1060. The Morgan fingerprint density at radius 2 is 1.84 bits per heavy atom. The minimum atomic E-state index is -0.161. The molecule has 1 heterocycles. The van der Waals surface area contributed by atoms with Crippen LogP contribution in [0, 0.1) is 0 Å². The van der Waals surface area contributed by atoms with Gasteiger partial charge >= 0.3 is 0 Å². The quantitative estimate of drug-likeness (QED) is 0.163. The molecule has 0 aromatic heterocycles. The van der Waals surface area contributed by atoms with Crippen LogP contribution in [0.4, 0.5) is 0 Å². The van der Waals surface area contributed by atoms with E-state index in [1.165, 1.54) is 16.7 Å². The van der Waals surface area contributed by atoms with Gasteiger partial charge in [0.15, 0.2) is 11.5 Å². The van der Waals surface area contributed by atoms with Gasteiger partial charge < -0.3 is 14.2 Å². The molecule has 168 valence electrons. The van der Waals surface area contributed by atoms with Gasteiger partial charge in [-0.15, -0.1) is 6.58 Å². The van der Waals surface area contributed by atoms with Crippen LogP contribution in [0.2, 0.25) is 10.0 Å². The highest BCUT2D eigenvalue weighted by atomic mass is 35.5. The molecule has 0 saturated carbocycles. The molecule has 1 aliphatic heterocycles. The summed E-state index contributed by atoms with van der Waals surface area (Å²) in [7, 11) is 0. The minimum Gasteiger partial charge on any atom is -0.490 e. The summed E-state index contributed by atoms with van der Waals surface area (Å²) >= 11 is 19.1. The van der Waals surface area contributed by atoms with Gasteiger partial charge in [-0.2, -0.15) is 0 Å². The second kappa shape index (κ2) is 11.6. The van der Waals surface area contributed by atoms with Gasteiger partial charge in [0.1, 0.15) is 23.3 Å². The molecule has 2 aromatic carbocycles. The molecule has 0 aliphatic carbocycles. The lowest BCUT2D eigenvalue weighted by atomic mass is 10.1. The van der Waals surface area contributed by atoms with Crippen molar-refractivity contribution in [2.45, 2.75) is 6.92 Å². The maximum Gasteiger partial charge on any atom is 0.266 e. The highest BCUT2D eigenvalue weighted by Crippen LogP contribution is 2.39. The summed E-state index contributed by atoms with van der Waals surface area (Å²) < 4.78 is 17.7. The first-order chi connectivity index (χ1) is 15.4. The molecule has 5 nitrogen and oxygen atoms in total. The maximum atomic E-state index is 12.6. The number of halogens is 2. The van der Waals surface area contributed by atoms with E-state index in [-0.39, 0.29) is 19.1 Å². The van der Waals surface area contributed by atoms with Gasteiger partial charge in [-0.1, -0.05) is 65.4 Å². The summed E-state index contributed by atoms with van der Waals surface area (Å²) in [6.07, 6.45) is 3.38. The van der Waals surface area contributed by atoms with Crippen LogP contribution in [0.15, 0.2) is 54.0 Å². The van der Waals surface area contributed by atoms with E-state index in [9.17, 15) is 4.79 Å². The number of thioether (sulfide) groups is 1. The summed E-state index contributed by atoms with van der Waals surface area (Å²) in [5, 5.41) is 0.893. The molecule has 0 spiro atoms. The number of hydrogen-bond acceptors (Lipinski definition) is 6.